The Morgan fingerprint density at radius 1 is 1.06 bits per heavy atom. The van der Waals surface area contributed by atoms with Crippen LogP contribution in [0, 0.1) is 0 Å². The predicted molar refractivity (Wildman–Crippen MR) is 76.3 cm³/mol. The molecule has 1 nitrogen and oxygen atoms in total. The van der Waals surface area contributed by atoms with Crippen LogP contribution in [0.2, 0.25) is 0 Å². The highest BCUT2D eigenvalue weighted by molar-refractivity contribution is 7.15. The molecule has 2 rings (SSSR count). The third kappa shape index (κ3) is 2.76. The summed E-state index contributed by atoms with van der Waals surface area (Å²) in [4.78, 5) is 2.52. The summed E-state index contributed by atoms with van der Waals surface area (Å²) < 4.78 is 0. The minimum absolute atomic E-state index is 0.244. The lowest BCUT2D eigenvalue weighted by molar-refractivity contribution is 0.567. The van der Waals surface area contributed by atoms with Crippen LogP contribution in [-0.2, 0) is 12.0 Å². The Bertz CT molecular complexity index is 488. The third-order valence-corrected chi connectivity index (χ3v) is 4.36. The monoisotopic (exact) mass is 245 g/mol. The van der Waals surface area contributed by atoms with Gasteiger partial charge in [-0.15, -0.1) is 11.3 Å². The van der Waals surface area contributed by atoms with Gasteiger partial charge < -0.3 is 5.73 Å². The Morgan fingerprint density at radius 3 is 2.18 bits per heavy atom. The van der Waals surface area contributed by atoms with Crippen LogP contribution in [0.25, 0.3) is 10.4 Å². The number of nitrogens with two attached hydrogens (primary N) is 1. The Labute approximate surface area is 107 Å². The molecule has 0 radical (unpaired) electrons. The maximum atomic E-state index is 6.10. The molecule has 2 N–H and O–H groups in total. The normalized spacial score (nSPS) is 11.8. The van der Waals surface area contributed by atoms with Gasteiger partial charge in [0.05, 0.1) is 0 Å². The van der Waals surface area contributed by atoms with Crippen LogP contribution >= 0.6 is 11.3 Å². The predicted octanol–water partition coefficient (Wildman–Crippen LogP) is 4.17. The SMILES string of the molecule is CCc1ccc(-c2ccc(C(C)(C)N)s2)cc1. The fourth-order valence-corrected chi connectivity index (χ4v) is 2.77. The molecule has 0 fully saturated rings. The van der Waals surface area contributed by atoms with E-state index < -0.39 is 0 Å². The van der Waals surface area contributed by atoms with Gasteiger partial charge in [-0.05, 0) is 43.5 Å². The first-order valence-corrected chi connectivity index (χ1v) is 6.81. The van der Waals surface area contributed by atoms with Gasteiger partial charge >= 0.3 is 0 Å². The van der Waals surface area contributed by atoms with Crippen molar-refractivity contribution in [3.05, 3.63) is 46.8 Å². The average molecular weight is 245 g/mol. The van der Waals surface area contributed by atoms with Gasteiger partial charge in [0, 0.05) is 15.3 Å². The van der Waals surface area contributed by atoms with E-state index in [2.05, 4.69) is 43.3 Å². The lowest BCUT2D eigenvalue weighted by Crippen LogP contribution is -2.27. The van der Waals surface area contributed by atoms with E-state index in [1.165, 1.54) is 20.9 Å². The van der Waals surface area contributed by atoms with Crippen LogP contribution < -0.4 is 5.73 Å². The molecule has 0 bridgehead atoms. The fourth-order valence-electron chi connectivity index (χ4n) is 1.74. The van der Waals surface area contributed by atoms with E-state index in [1.54, 1.807) is 11.3 Å². The van der Waals surface area contributed by atoms with Gasteiger partial charge in [0.15, 0.2) is 0 Å². The van der Waals surface area contributed by atoms with E-state index in [0.717, 1.165) is 6.42 Å². The second-order valence-corrected chi connectivity index (χ2v) is 6.02. The van der Waals surface area contributed by atoms with Crippen molar-refractivity contribution in [2.24, 2.45) is 5.73 Å². The first-order valence-electron chi connectivity index (χ1n) is 5.99. The molecule has 0 unspecified atom stereocenters. The molecule has 2 aromatic rings. The molecule has 1 aromatic heterocycles. The summed E-state index contributed by atoms with van der Waals surface area (Å²) in [7, 11) is 0. The summed E-state index contributed by atoms with van der Waals surface area (Å²) in [5, 5.41) is 0. The van der Waals surface area contributed by atoms with E-state index in [1.807, 2.05) is 13.8 Å². The van der Waals surface area contributed by atoms with E-state index in [-0.39, 0.29) is 5.54 Å². The molecular weight excluding hydrogens is 226 g/mol. The molecule has 90 valence electrons. The summed E-state index contributed by atoms with van der Waals surface area (Å²) in [6.45, 7) is 6.26. The van der Waals surface area contributed by atoms with Gasteiger partial charge in [-0.2, -0.15) is 0 Å². The third-order valence-electron chi connectivity index (χ3n) is 2.89. The van der Waals surface area contributed by atoms with Crippen molar-refractivity contribution in [1.82, 2.24) is 0 Å². The van der Waals surface area contributed by atoms with E-state index in [4.69, 9.17) is 5.73 Å². The minimum Gasteiger partial charge on any atom is -0.321 e. The topological polar surface area (TPSA) is 26.0 Å². The highest BCUT2D eigenvalue weighted by atomic mass is 32.1. The van der Waals surface area contributed by atoms with Gasteiger partial charge in [0.25, 0.3) is 0 Å². The maximum Gasteiger partial charge on any atom is 0.0446 e. The molecule has 0 saturated heterocycles. The van der Waals surface area contributed by atoms with Crippen LogP contribution in [-0.4, -0.2) is 0 Å². The lowest BCUT2D eigenvalue weighted by Gasteiger charge is -2.15. The standard InChI is InChI=1S/C15H19NS/c1-4-11-5-7-12(8-6-11)13-9-10-14(17-13)15(2,3)16/h5-10H,4,16H2,1-3H3. The molecule has 0 atom stereocenters. The molecule has 0 aliphatic carbocycles. The fraction of sp³-hybridized carbons (Fsp3) is 0.333. The quantitative estimate of drug-likeness (QED) is 0.863. The molecule has 0 amide bonds. The van der Waals surface area contributed by atoms with Crippen LogP contribution in [0.5, 0.6) is 0 Å². The number of benzene rings is 1. The number of hydrogen-bond acceptors (Lipinski definition) is 2. The molecule has 0 aliphatic rings. The van der Waals surface area contributed by atoms with Crippen LogP contribution in [0.4, 0.5) is 0 Å². The summed E-state index contributed by atoms with van der Waals surface area (Å²) in [6, 6.07) is 13.1. The van der Waals surface area contributed by atoms with Crippen molar-refractivity contribution in [3.8, 4) is 10.4 Å². The highest BCUT2D eigenvalue weighted by Gasteiger charge is 2.16. The van der Waals surface area contributed by atoms with Crippen molar-refractivity contribution in [2.45, 2.75) is 32.7 Å². The molecule has 0 spiro atoms. The number of aryl methyl sites for hydroxylation is 1. The summed E-state index contributed by atoms with van der Waals surface area (Å²) >= 11 is 1.78. The average Bonchev–Trinajstić information content (AvgIpc) is 2.78. The van der Waals surface area contributed by atoms with Gasteiger partial charge in [0.2, 0.25) is 0 Å². The zero-order valence-corrected chi connectivity index (χ0v) is 11.5. The van der Waals surface area contributed by atoms with E-state index >= 15 is 0 Å². The first-order chi connectivity index (χ1) is 8.00. The lowest BCUT2D eigenvalue weighted by atomic mass is 10.1. The second-order valence-electron chi connectivity index (χ2n) is 4.94. The zero-order valence-electron chi connectivity index (χ0n) is 10.7. The molecule has 1 aromatic carbocycles. The molecule has 17 heavy (non-hydrogen) atoms. The number of hydrogen-bond donors (Lipinski definition) is 1. The van der Waals surface area contributed by atoms with Crippen LogP contribution in [0.3, 0.4) is 0 Å². The van der Waals surface area contributed by atoms with Crippen molar-refractivity contribution in [2.75, 3.05) is 0 Å². The van der Waals surface area contributed by atoms with Gasteiger partial charge in [-0.3, -0.25) is 0 Å². The zero-order chi connectivity index (χ0) is 12.5. The highest BCUT2D eigenvalue weighted by Crippen LogP contribution is 2.32. The number of rotatable bonds is 3. The van der Waals surface area contributed by atoms with Crippen molar-refractivity contribution in [3.63, 3.8) is 0 Å². The number of thiophene rings is 1. The largest absolute Gasteiger partial charge is 0.321 e. The van der Waals surface area contributed by atoms with Crippen molar-refractivity contribution < 1.29 is 0 Å². The minimum atomic E-state index is -0.244. The molecular formula is C15H19NS. The van der Waals surface area contributed by atoms with Crippen molar-refractivity contribution >= 4 is 11.3 Å². The smallest absolute Gasteiger partial charge is 0.0446 e. The van der Waals surface area contributed by atoms with Gasteiger partial charge in [-0.25, -0.2) is 0 Å². The molecule has 0 aliphatic heterocycles. The first kappa shape index (κ1) is 12.3. The Morgan fingerprint density at radius 2 is 1.71 bits per heavy atom. The maximum absolute atomic E-state index is 6.10. The molecule has 0 saturated carbocycles. The Hall–Kier alpha value is -1.12. The van der Waals surface area contributed by atoms with Crippen LogP contribution in [0.1, 0.15) is 31.2 Å². The molecule has 1 heterocycles. The Balaban J connectivity index is 2.30. The second kappa shape index (κ2) is 4.63. The van der Waals surface area contributed by atoms with Crippen molar-refractivity contribution in [1.29, 1.82) is 0 Å². The summed E-state index contributed by atoms with van der Waals surface area (Å²) in [5.41, 5.74) is 8.52. The van der Waals surface area contributed by atoms with E-state index in [9.17, 15) is 0 Å². The summed E-state index contributed by atoms with van der Waals surface area (Å²) in [5.74, 6) is 0. The van der Waals surface area contributed by atoms with Gasteiger partial charge in [0.1, 0.15) is 0 Å². The Kier molecular flexibility index (Phi) is 3.36. The van der Waals surface area contributed by atoms with E-state index in [0.29, 0.717) is 0 Å². The summed E-state index contributed by atoms with van der Waals surface area (Å²) in [6.07, 6.45) is 1.09. The van der Waals surface area contributed by atoms with Gasteiger partial charge in [-0.1, -0.05) is 31.2 Å². The molecule has 2 heteroatoms. The van der Waals surface area contributed by atoms with Crippen LogP contribution in [0.15, 0.2) is 36.4 Å².